The molecule has 1 N–H and O–H groups in total. The van der Waals surface area contributed by atoms with Gasteiger partial charge >= 0.3 is 0 Å². The van der Waals surface area contributed by atoms with E-state index >= 15 is 0 Å². The lowest BCUT2D eigenvalue weighted by atomic mass is 10.1. The second-order valence-corrected chi connectivity index (χ2v) is 8.82. The Morgan fingerprint density at radius 3 is 2.72 bits per heavy atom. The van der Waals surface area contributed by atoms with Crippen LogP contribution in [0.3, 0.4) is 0 Å². The Morgan fingerprint density at radius 1 is 1.17 bits per heavy atom. The van der Waals surface area contributed by atoms with Crippen LogP contribution in [-0.2, 0) is 17.1 Å². The standard InChI is InChI=1S/C20H24N6OS2/c1-15(27)21-19-22-16(13-28-19)14-29-20-24-23-18(12-25-10-6-3-7-11-25)26(20)17-8-4-2-5-9-17/h2,4-5,8-9,13H,3,6-7,10-12,14H2,1H3,(H,21,22,27). The summed E-state index contributed by atoms with van der Waals surface area (Å²) in [5.74, 6) is 1.53. The molecule has 0 unspecified atom stereocenters. The average Bonchev–Trinajstić information content (AvgIpc) is 3.34. The number of nitrogens with one attached hydrogen (secondary N) is 1. The highest BCUT2D eigenvalue weighted by Crippen LogP contribution is 2.27. The summed E-state index contributed by atoms with van der Waals surface area (Å²) in [6, 6.07) is 10.3. The number of thioether (sulfide) groups is 1. The summed E-state index contributed by atoms with van der Waals surface area (Å²) in [5.41, 5.74) is 1.99. The van der Waals surface area contributed by atoms with E-state index in [0.29, 0.717) is 10.9 Å². The summed E-state index contributed by atoms with van der Waals surface area (Å²) < 4.78 is 2.15. The highest BCUT2D eigenvalue weighted by molar-refractivity contribution is 7.98. The zero-order chi connectivity index (χ0) is 20.1. The van der Waals surface area contributed by atoms with Gasteiger partial charge in [0.2, 0.25) is 5.91 Å². The van der Waals surface area contributed by atoms with E-state index < -0.39 is 0 Å². The van der Waals surface area contributed by atoms with E-state index in [2.05, 4.69) is 42.1 Å². The van der Waals surface area contributed by atoms with E-state index in [1.165, 1.54) is 37.5 Å². The Balaban J connectivity index is 1.52. The third-order valence-corrected chi connectivity index (χ3v) is 6.48. The Hall–Kier alpha value is -2.23. The normalized spacial score (nSPS) is 14.8. The molecule has 1 aliphatic rings. The molecule has 4 rings (SSSR count). The largest absolute Gasteiger partial charge is 0.302 e. The predicted molar refractivity (Wildman–Crippen MR) is 116 cm³/mol. The summed E-state index contributed by atoms with van der Waals surface area (Å²) in [7, 11) is 0. The zero-order valence-electron chi connectivity index (χ0n) is 16.4. The molecule has 9 heteroatoms. The molecule has 7 nitrogen and oxygen atoms in total. The molecule has 0 radical (unpaired) electrons. The van der Waals surface area contributed by atoms with Crippen LogP contribution in [0.15, 0.2) is 40.9 Å². The van der Waals surface area contributed by atoms with Gasteiger partial charge in [0, 0.05) is 23.7 Å². The van der Waals surface area contributed by atoms with Crippen molar-refractivity contribution in [2.45, 2.75) is 43.6 Å². The molecular weight excluding hydrogens is 404 g/mol. The molecule has 3 aromatic rings. The number of aromatic nitrogens is 4. The van der Waals surface area contributed by atoms with Crippen LogP contribution < -0.4 is 5.32 Å². The number of hydrogen-bond acceptors (Lipinski definition) is 7. The molecule has 1 fully saturated rings. The van der Waals surface area contributed by atoms with Gasteiger partial charge in [-0.1, -0.05) is 36.4 Å². The van der Waals surface area contributed by atoms with Gasteiger partial charge in [-0.2, -0.15) is 0 Å². The lowest BCUT2D eigenvalue weighted by molar-refractivity contribution is -0.114. The van der Waals surface area contributed by atoms with Gasteiger partial charge in [0.05, 0.1) is 12.2 Å². The number of para-hydroxylation sites is 1. The second kappa shape index (κ2) is 9.51. The second-order valence-electron chi connectivity index (χ2n) is 7.02. The first kappa shape index (κ1) is 20.1. The molecule has 2 aromatic heterocycles. The molecule has 0 bridgehead atoms. The Kier molecular flexibility index (Phi) is 6.58. The molecule has 1 aromatic carbocycles. The van der Waals surface area contributed by atoms with Crippen LogP contribution in [0.2, 0.25) is 0 Å². The minimum atomic E-state index is -0.107. The lowest BCUT2D eigenvalue weighted by Gasteiger charge is -2.26. The number of anilines is 1. The smallest absolute Gasteiger partial charge is 0.223 e. The van der Waals surface area contributed by atoms with E-state index in [4.69, 9.17) is 0 Å². The van der Waals surface area contributed by atoms with Crippen molar-refractivity contribution in [2.75, 3.05) is 18.4 Å². The van der Waals surface area contributed by atoms with Crippen molar-refractivity contribution in [3.63, 3.8) is 0 Å². The number of piperidine rings is 1. The number of likely N-dealkylation sites (tertiary alicyclic amines) is 1. The molecule has 0 atom stereocenters. The molecule has 1 aliphatic heterocycles. The van der Waals surface area contributed by atoms with Crippen LogP contribution in [0, 0.1) is 0 Å². The minimum absolute atomic E-state index is 0.107. The van der Waals surface area contributed by atoms with Crippen LogP contribution in [0.4, 0.5) is 5.13 Å². The predicted octanol–water partition coefficient (Wildman–Crippen LogP) is 3.96. The van der Waals surface area contributed by atoms with Gasteiger partial charge in [0.15, 0.2) is 16.1 Å². The highest BCUT2D eigenvalue weighted by Gasteiger charge is 2.19. The van der Waals surface area contributed by atoms with E-state index in [1.54, 1.807) is 11.8 Å². The molecule has 0 spiro atoms. The Labute approximate surface area is 178 Å². The van der Waals surface area contributed by atoms with Gasteiger partial charge in [0.25, 0.3) is 0 Å². The molecular formula is C20H24N6OS2. The van der Waals surface area contributed by atoms with Gasteiger partial charge in [-0.15, -0.1) is 21.5 Å². The number of benzene rings is 1. The number of nitrogens with zero attached hydrogens (tertiary/aromatic N) is 5. The summed E-state index contributed by atoms with van der Waals surface area (Å²) in [6.45, 7) is 4.54. The van der Waals surface area contributed by atoms with Gasteiger partial charge in [0.1, 0.15) is 0 Å². The topological polar surface area (TPSA) is 75.9 Å². The molecule has 0 saturated carbocycles. The van der Waals surface area contributed by atoms with Crippen LogP contribution in [0.25, 0.3) is 5.69 Å². The maximum atomic E-state index is 11.2. The first-order valence-electron chi connectivity index (χ1n) is 9.76. The van der Waals surface area contributed by atoms with Crippen LogP contribution >= 0.6 is 23.1 Å². The molecule has 152 valence electrons. The van der Waals surface area contributed by atoms with Crippen molar-refractivity contribution in [1.29, 1.82) is 0 Å². The highest BCUT2D eigenvalue weighted by atomic mass is 32.2. The third kappa shape index (κ3) is 5.23. The van der Waals surface area contributed by atoms with Gasteiger partial charge < -0.3 is 5.32 Å². The SMILES string of the molecule is CC(=O)Nc1nc(CSc2nnc(CN3CCCCC3)n2-c2ccccc2)cs1. The van der Waals surface area contributed by atoms with E-state index in [0.717, 1.165) is 42.0 Å². The summed E-state index contributed by atoms with van der Waals surface area (Å²) in [4.78, 5) is 18.1. The van der Waals surface area contributed by atoms with Crippen molar-refractivity contribution >= 4 is 34.1 Å². The van der Waals surface area contributed by atoms with Crippen molar-refractivity contribution in [3.8, 4) is 5.69 Å². The maximum absolute atomic E-state index is 11.2. The first-order valence-corrected chi connectivity index (χ1v) is 11.6. The number of hydrogen-bond donors (Lipinski definition) is 1. The number of amides is 1. The Bertz CT molecular complexity index is 949. The van der Waals surface area contributed by atoms with Crippen molar-refractivity contribution in [2.24, 2.45) is 0 Å². The fourth-order valence-electron chi connectivity index (χ4n) is 3.37. The van der Waals surface area contributed by atoms with Crippen LogP contribution in [-0.4, -0.2) is 43.6 Å². The van der Waals surface area contributed by atoms with Gasteiger partial charge in [-0.25, -0.2) is 4.98 Å². The minimum Gasteiger partial charge on any atom is -0.302 e. The van der Waals surface area contributed by atoms with Crippen molar-refractivity contribution in [3.05, 3.63) is 47.2 Å². The molecule has 29 heavy (non-hydrogen) atoms. The van der Waals surface area contributed by atoms with E-state index in [-0.39, 0.29) is 5.91 Å². The van der Waals surface area contributed by atoms with Crippen LogP contribution in [0.1, 0.15) is 37.7 Å². The maximum Gasteiger partial charge on any atom is 0.223 e. The molecule has 3 heterocycles. The number of rotatable bonds is 7. The number of thiazole rings is 1. The van der Waals surface area contributed by atoms with Gasteiger partial charge in [-0.3, -0.25) is 14.3 Å². The average molecular weight is 429 g/mol. The first-order chi connectivity index (χ1) is 14.2. The zero-order valence-corrected chi connectivity index (χ0v) is 18.0. The fraction of sp³-hybridized carbons (Fsp3) is 0.400. The van der Waals surface area contributed by atoms with Crippen LogP contribution in [0.5, 0.6) is 0 Å². The molecule has 1 amide bonds. The fourth-order valence-corrected chi connectivity index (χ4v) is 5.10. The number of carbonyl (C=O) groups is 1. The Morgan fingerprint density at radius 2 is 1.97 bits per heavy atom. The summed E-state index contributed by atoms with van der Waals surface area (Å²) in [6.07, 6.45) is 3.82. The van der Waals surface area contributed by atoms with Crippen molar-refractivity contribution in [1.82, 2.24) is 24.6 Å². The van der Waals surface area contributed by atoms with E-state index in [1.807, 2.05) is 23.6 Å². The van der Waals surface area contributed by atoms with Gasteiger partial charge in [-0.05, 0) is 38.1 Å². The summed E-state index contributed by atoms with van der Waals surface area (Å²) >= 11 is 3.05. The third-order valence-electron chi connectivity index (χ3n) is 4.71. The van der Waals surface area contributed by atoms with Crippen molar-refractivity contribution < 1.29 is 4.79 Å². The lowest BCUT2D eigenvalue weighted by Crippen LogP contribution is -2.30. The monoisotopic (exact) mass is 428 g/mol. The summed E-state index contributed by atoms with van der Waals surface area (Å²) in [5, 5.41) is 15.2. The quantitative estimate of drug-likeness (QED) is 0.574. The molecule has 0 aliphatic carbocycles. The number of carbonyl (C=O) groups excluding carboxylic acids is 1. The molecule has 1 saturated heterocycles. The van der Waals surface area contributed by atoms with E-state index in [9.17, 15) is 4.79 Å².